The third-order valence-corrected chi connectivity index (χ3v) is 8.68. The maximum absolute atomic E-state index is 13.2. The molecule has 1 aromatic heterocycles. The molecule has 0 fully saturated rings. The van der Waals surface area contributed by atoms with Gasteiger partial charge >= 0.3 is 0 Å². The molecule has 1 heterocycles. The van der Waals surface area contributed by atoms with Gasteiger partial charge in [-0.2, -0.15) is 17.6 Å². The molecular formula is C29H33ClN4O3S. The van der Waals surface area contributed by atoms with Gasteiger partial charge in [-0.1, -0.05) is 54.4 Å². The number of nitrogens with one attached hydrogen (secondary N) is 1. The molecule has 0 saturated heterocycles. The molecule has 0 radical (unpaired) electrons. The summed E-state index contributed by atoms with van der Waals surface area (Å²) in [6.45, 7) is 4.44. The first kappa shape index (κ1) is 27.8. The molecule has 200 valence electrons. The number of nitrogens with zero attached hydrogens (tertiary/aromatic N) is 3. The first-order valence-electron chi connectivity index (χ1n) is 12.5. The molecule has 0 aliphatic heterocycles. The topological polar surface area (TPSA) is 84.3 Å². The average molecular weight is 553 g/mol. The van der Waals surface area contributed by atoms with Gasteiger partial charge in [-0.05, 0) is 80.9 Å². The Labute approximate surface area is 229 Å². The minimum absolute atomic E-state index is 0.00246. The molecule has 0 unspecified atom stereocenters. The van der Waals surface area contributed by atoms with Crippen LogP contribution >= 0.6 is 11.6 Å². The summed E-state index contributed by atoms with van der Waals surface area (Å²) in [4.78, 5) is 14.9. The number of benzene rings is 3. The molecule has 0 bridgehead atoms. The summed E-state index contributed by atoms with van der Waals surface area (Å²) in [7, 11) is 0.172. The third kappa shape index (κ3) is 6.43. The lowest BCUT2D eigenvalue weighted by Crippen LogP contribution is -2.41. The van der Waals surface area contributed by atoms with Gasteiger partial charge in [0, 0.05) is 29.4 Å². The van der Waals surface area contributed by atoms with Gasteiger partial charge in [-0.15, -0.1) is 0 Å². The van der Waals surface area contributed by atoms with E-state index < -0.39 is 10.0 Å². The summed E-state index contributed by atoms with van der Waals surface area (Å²) in [5.41, 5.74) is 3.63. The molecule has 0 aliphatic rings. The Balaban J connectivity index is 1.42. The Bertz CT molecular complexity index is 1510. The number of carbonyl (C=O) groups is 1. The molecule has 0 spiro atoms. The molecular weight excluding hydrogens is 520 g/mol. The molecule has 7 nitrogen and oxygen atoms in total. The number of aryl methyl sites for hydroxylation is 1. The van der Waals surface area contributed by atoms with E-state index >= 15 is 0 Å². The highest BCUT2D eigenvalue weighted by Gasteiger charge is 2.21. The molecule has 2 atom stereocenters. The first-order chi connectivity index (χ1) is 18.0. The number of fused-ring (bicyclic) bond motifs is 1. The number of hydrogen-bond acceptors (Lipinski definition) is 5. The van der Waals surface area contributed by atoms with E-state index in [1.807, 2.05) is 64.3 Å². The van der Waals surface area contributed by atoms with Crippen LogP contribution in [-0.4, -0.2) is 55.1 Å². The molecule has 0 aliphatic carbocycles. The highest BCUT2D eigenvalue weighted by molar-refractivity contribution is 7.90. The molecule has 38 heavy (non-hydrogen) atoms. The van der Waals surface area contributed by atoms with Crippen LogP contribution in [0.5, 0.6) is 0 Å². The van der Waals surface area contributed by atoms with Crippen LogP contribution < -0.4 is 5.32 Å². The van der Waals surface area contributed by atoms with Gasteiger partial charge in [-0.3, -0.25) is 4.79 Å². The number of hydrogen-bond donors (Lipinski definition) is 1. The Kier molecular flexibility index (Phi) is 8.55. The Morgan fingerprint density at radius 2 is 1.74 bits per heavy atom. The minimum Gasteiger partial charge on any atom is -0.355 e. The Hall–Kier alpha value is -3.20. The van der Waals surface area contributed by atoms with E-state index in [0.29, 0.717) is 29.9 Å². The van der Waals surface area contributed by atoms with Crippen LogP contribution in [0, 0.1) is 6.92 Å². The van der Waals surface area contributed by atoms with E-state index in [4.69, 9.17) is 11.6 Å². The van der Waals surface area contributed by atoms with Gasteiger partial charge in [0.2, 0.25) is 5.91 Å². The summed E-state index contributed by atoms with van der Waals surface area (Å²) in [5, 5.41) is 8.69. The van der Waals surface area contributed by atoms with Crippen LogP contribution in [0.4, 0.5) is 0 Å². The third-order valence-electron chi connectivity index (χ3n) is 6.81. The Morgan fingerprint density at radius 3 is 2.39 bits per heavy atom. The van der Waals surface area contributed by atoms with Gasteiger partial charge in [0.05, 0.1) is 16.6 Å². The van der Waals surface area contributed by atoms with E-state index in [0.717, 1.165) is 26.2 Å². The normalized spacial score (nSPS) is 13.5. The van der Waals surface area contributed by atoms with Crippen LogP contribution in [-0.2, 0) is 21.2 Å². The molecule has 9 heteroatoms. The molecule has 3 aromatic carbocycles. The van der Waals surface area contributed by atoms with Crippen molar-refractivity contribution in [1.29, 1.82) is 0 Å². The maximum Gasteiger partial charge on any atom is 0.283 e. The van der Waals surface area contributed by atoms with Crippen molar-refractivity contribution in [2.75, 3.05) is 20.6 Å². The zero-order valence-electron chi connectivity index (χ0n) is 22.1. The molecule has 1 amide bonds. The highest BCUT2D eigenvalue weighted by atomic mass is 35.5. The van der Waals surface area contributed by atoms with Crippen molar-refractivity contribution in [3.8, 4) is 0 Å². The predicted octanol–water partition coefficient (Wildman–Crippen LogP) is 5.02. The first-order valence-corrected chi connectivity index (χ1v) is 14.3. The Morgan fingerprint density at radius 1 is 1.05 bits per heavy atom. The highest BCUT2D eigenvalue weighted by Crippen LogP contribution is 2.23. The van der Waals surface area contributed by atoms with Gasteiger partial charge in [0.1, 0.15) is 0 Å². The fourth-order valence-electron chi connectivity index (χ4n) is 4.39. The number of likely N-dealkylation sites (N-methyl/N-ethyl adjacent to an activating group) is 1. The number of rotatable bonds is 10. The number of aromatic nitrogens is 2. The second-order valence-electron chi connectivity index (χ2n) is 9.98. The zero-order chi connectivity index (χ0) is 27.4. The van der Waals surface area contributed by atoms with E-state index in [2.05, 4.69) is 15.3 Å². The van der Waals surface area contributed by atoms with Crippen molar-refractivity contribution in [3.63, 3.8) is 0 Å². The van der Waals surface area contributed by atoms with Crippen molar-refractivity contribution >= 4 is 38.4 Å². The van der Waals surface area contributed by atoms with Gasteiger partial charge in [0.25, 0.3) is 10.0 Å². The van der Waals surface area contributed by atoms with Crippen LogP contribution in [0.15, 0.2) is 77.8 Å². The second-order valence-corrected chi connectivity index (χ2v) is 12.2. The fourth-order valence-corrected chi connectivity index (χ4v) is 5.79. The molecule has 4 aromatic rings. The average Bonchev–Trinajstić information content (AvgIpc) is 3.31. The lowest BCUT2D eigenvalue weighted by Gasteiger charge is -2.25. The summed E-state index contributed by atoms with van der Waals surface area (Å²) in [6, 6.07) is 20.1. The van der Waals surface area contributed by atoms with E-state index in [-0.39, 0.29) is 22.8 Å². The summed E-state index contributed by atoms with van der Waals surface area (Å²) in [5.74, 6) is 0.0811. The lowest BCUT2D eigenvalue weighted by atomic mass is 9.97. The number of carbonyl (C=O) groups excluding carboxylic acids is 1. The smallest absolute Gasteiger partial charge is 0.283 e. The number of amides is 1. The summed E-state index contributed by atoms with van der Waals surface area (Å²) >= 11 is 5.97. The van der Waals surface area contributed by atoms with Crippen LogP contribution in [0.1, 0.15) is 36.0 Å². The van der Waals surface area contributed by atoms with Crippen molar-refractivity contribution in [2.45, 2.75) is 43.5 Å². The molecule has 4 rings (SSSR count). The standard InChI is InChI=1S/C29H33ClN4O3S/c1-20-5-12-27(13-6-20)38(36,37)34-28-14-7-22(16-24(28)18-32-34)17-26(33(3)4)19-31-29(35)15-21(2)23-8-10-25(30)11-9-23/h5-14,16,18,21,26H,15,17,19H2,1-4H3,(H,31,35)/t21-,26-/m0/s1. The molecule has 0 saturated carbocycles. The van der Waals surface area contributed by atoms with Crippen LogP contribution in [0.25, 0.3) is 10.9 Å². The van der Waals surface area contributed by atoms with Crippen LogP contribution in [0.3, 0.4) is 0 Å². The summed E-state index contributed by atoms with van der Waals surface area (Å²) in [6.07, 6.45) is 2.66. The second kappa shape index (κ2) is 11.7. The largest absolute Gasteiger partial charge is 0.355 e. The minimum atomic E-state index is -3.80. The van der Waals surface area contributed by atoms with Crippen molar-refractivity contribution in [3.05, 3.63) is 94.6 Å². The van der Waals surface area contributed by atoms with Crippen molar-refractivity contribution < 1.29 is 13.2 Å². The molecule has 1 N–H and O–H groups in total. The van der Waals surface area contributed by atoms with E-state index in [9.17, 15) is 13.2 Å². The quantitative estimate of drug-likeness (QED) is 0.299. The van der Waals surface area contributed by atoms with Crippen molar-refractivity contribution in [1.82, 2.24) is 19.4 Å². The van der Waals surface area contributed by atoms with Crippen molar-refractivity contribution in [2.24, 2.45) is 0 Å². The maximum atomic E-state index is 13.2. The van der Waals surface area contributed by atoms with Gasteiger partial charge < -0.3 is 10.2 Å². The van der Waals surface area contributed by atoms with Gasteiger partial charge in [-0.25, -0.2) is 0 Å². The summed E-state index contributed by atoms with van der Waals surface area (Å²) < 4.78 is 27.4. The van der Waals surface area contributed by atoms with E-state index in [1.165, 1.54) is 0 Å². The SMILES string of the molecule is Cc1ccc(S(=O)(=O)n2ncc3cc(C[C@@H](CNC(=O)C[C@H](C)c4ccc(Cl)cc4)N(C)C)ccc32)cc1. The van der Waals surface area contributed by atoms with E-state index in [1.54, 1.807) is 36.5 Å². The monoisotopic (exact) mass is 552 g/mol. The fraction of sp³-hybridized carbons (Fsp3) is 0.310. The van der Waals surface area contributed by atoms with Gasteiger partial charge in [0.15, 0.2) is 0 Å². The lowest BCUT2D eigenvalue weighted by molar-refractivity contribution is -0.121. The number of halogens is 1. The predicted molar refractivity (Wildman–Crippen MR) is 152 cm³/mol. The zero-order valence-corrected chi connectivity index (χ0v) is 23.6. The van der Waals surface area contributed by atoms with Crippen LogP contribution in [0.2, 0.25) is 5.02 Å².